The second kappa shape index (κ2) is 5.87. The van der Waals surface area contributed by atoms with Crippen LogP contribution in [0.3, 0.4) is 0 Å². The molecule has 0 fully saturated rings. The third-order valence-electron chi connectivity index (χ3n) is 2.79. The number of ketones is 1. The van der Waals surface area contributed by atoms with E-state index in [9.17, 15) is 13.6 Å². The molecule has 0 spiro atoms. The molecule has 3 aromatic rings. The third-order valence-corrected chi connectivity index (χ3v) is 4.62. The summed E-state index contributed by atoms with van der Waals surface area (Å²) in [7, 11) is 0. The van der Waals surface area contributed by atoms with Crippen LogP contribution in [0.15, 0.2) is 41.0 Å². The highest BCUT2D eigenvalue weighted by molar-refractivity contribution is 8.00. The highest BCUT2D eigenvalue weighted by atomic mass is 32.2. The van der Waals surface area contributed by atoms with Gasteiger partial charge in [0.05, 0.1) is 11.3 Å². The van der Waals surface area contributed by atoms with E-state index in [-0.39, 0.29) is 11.3 Å². The molecular formula is C14H8F2N2OS2. The summed E-state index contributed by atoms with van der Waals surface area (Å²) >= 11 is 2.67. The average molecular weight is 322 g/mol. The van der Waals surface area contributed by atoms with Gasteiger partial charge in [0.15, 0.2) is 5.78 Å². The van der Waals surface area contributed by atoms with E-state index in [1.54, 1.807) is 0 Å². The molecule has 2 heterocycles. The van der Waals surface area contributed by atoms with Crippen molar-refractivity contribution in [2.24, 2.45) is 0 Å². The molecule has 1 aromatic carbocycles. The lowest BCUT2D eigenvalue weighted by Gasteiger charge is -2.03. The van der Waals surface area contributed by atoms with Gasteiger partial charge in [0.25, 0.3) is 0 Å². The summed E-state index contributed by atoms with van der Waals surface area (Å²) in [5.41, 5.74) is -0.238. The van der Waals surface area contributed by atoms with Gasteiger partial charge >= 0.3 is 0 Å². The number of benzene rings is 1. The van der Waals surface area contributed by atoms with E-state index in [0.29, 0.717) is 5.03 Å². The van der Waals surface area contributed by atoms with Gasteiger partial charge in [-0.1, -0.05) is 11.8 Å². The second-order valence-corrected chi connectivity index (χ2v) is 6.01. The van der Waals surface area contributed by atoms with Crippen molar-refractivity contribution in [1.82, 2.24) is 9.97 Å². The summed E-state index contributed by atoms with van der Waals surface area (Å²) in [5, 5.41) is 3.41. The smallest absolute Gasteiger partial charge is 0.176 e. The van der Waals surface area contributed by atoms with Crippen LogP contribution in [0.5, 0.6) is 0 Å². The van der Waals surface area contributed by atoms with Crippen molar-refractivity contribution in [1.29, 1.82) is 0 Å². The molecule has 0 unspecified atom stereocenters. The van der Waals surface area contributed by atoms with Crippen LogP contribution in [0.25, 0.3) is 10.2 Å². The topological polar surface area (TPSA) is 42.9 Å². The number of thioether (sulfide) groups is 1. The number of carbonyl (C=O) groups is 1. The summed E-state index contributed by atoms with van der Waals surface area (Å²) in [6.45, 7) is 0. The average Bonchev–Trinajstić information content (AvgIpc) is 2.96. The largest absolute Gasteiger partial charge is 0.293 e. The fourth-order valence-electron chi connectivity index (χ4n) is 1.81. The van der Waals surface area contributed by atoms with Crippen LogP contribution in [0.2, 0.25) is 0 Å². The van der Waals surface area contributed by atoms with E-state index in [1.165, 1.54) is 29.4 Å². The maximum absolute atomic E-state index is 13.5. The molecule has 0 aliphatic heterocycles. The Labute approximate surface area is 127 Å². The van der Waals surface area contributed by atoms with Gasteiger partial charge in [0.1, 0.15) is 27.8 Å². The van der Waals surface area contributed by atoms with Crippen LogP contribution in [0.1, 0.15) is 10.4 Å². The Morgan fingerprint density at radius 1 is 1.24 bits per heavy atom. The molecule has 2 aromatic heterocycles. The van der Waals surface area contributed by atoms with Gasteiger partial charge in [-0.05, 0) is 29.6 Å². The van der Waals surface area contributed by atoms with E-state index in [0.717, 1.165) is 28.4 Å². The molecule has 106 valence electrons. The predicted molar refractivity (Wildman–Crippen MR) is 78.8 cm³/mol. The van der Waals surface area contributed by atoms with Crippen molar-refractivity contribution >= 4 is 39.1 Å². The number of halogens is 2. The van der Waals surface area contributed by atoms with Gasteiger partial charge in [0.2, 0.25) is 0 Å². The zero-order valence-corrected chi connectivity index (χ0v) is 12.2. The van der Waals surface area contributed by atoms with Crippen LogP contribution in [-0.2, 0) is 0 Å². The van der Waals surface area contributed by atoms with Crippen LogP contribution >= 0.6 is 23.1 Å². The number of fused-ring (bicyclic) bond motifs is 1. The summed E-state index contributed by atoms with van der Waals surface area (Å²) in [6, 6.07) is 4.72. The van der Waals surface area contributed by atoms with E-state index in [4.69, 9.17) is 0 Å². The molecular weight excluding hydrogens is 314 g/mol. The number of thiophene rings is 1. The minimum atomic E-state index is -0.717. The summed E-state index contributed by atoms with van der Waals surface area (Å²) in [4.78, 5) is 21.1. The molecule has 0 atom stereocenters. The van der Waals surface area contributed by atoms with Crippen LogP contribution in [0, 0.1) is 11.6 Å². The van der Waals surface area contributed by atoms with Crippen LogP contribution in [-0.4, -0.2) is 21.5 Å². The van der Waals surface area contributed by atoms with Gasteiger partial charge in [-0.25, -0.2) is 18.7 Å². The summed E-state index contributed by atoms with van der Waals surface area (Å²) in [6.07, 6.45) is 1.43. The van der Waals surface area contributed by atoms with Crippen molar-refractivity contribution in [3.63, 3.8) is 0 Å². The minimum Gasteiger partial charge on any atom is -0.293 e. The Morgan fingerprint density at radius 3 is 2.95 bits per heavy atom. The number of nitrogens with zero attached hydrogens (tertiary/aromatic N) is 2. The standard InChI is InChI=1S/C14H8F2N2OS2/c15-8-1-2-11(16)10(5-8)12(19)6-21-14-9-3-4-20-13(9)17-7-18-14/h1-5,7H,6H2. The molecule has 3 rings (SSSR count). The molecule has 7 heteroatoms. The Balaban J connectivity index is 1.80. The van der Waals surface area contributed by atoms with Crippen molar-refractivity contribution in [3.05, 3.63) is 53.2 Å². The molecule has 21 heavy (non-hydrogen) atoms. The van der Waals surface area contributed by atoms with E-state index in [2.05, 4.69) is 9.97 Å². The van der Waals surface area contributed by atoms with Crippen molar-refractivity contribution < 1.29 is 13.6 Å². The van der Waals surface area contributed by atoms with E-state index >= 15 is 0 Å². The maximum atomic E-state index is 13.5. The molecule has 0 aliphatic rings. The number of aromatic nitrogens is 2. The fraction of sp³-hybridized carbons (Fsp3) is 0.0714. The minimum absolute atomic E-state index is 0.0116. The molecule has 3 nitrogen and oxygen atoms in total. The number of hydrogen-bond acceptors (Lipinski definition) is 5. The van der Waals surface area contributed by atoms with Gasteiger partial charge in [-0.2, -0.15) is 0 Å². The van der Waals surface area contributed by atoms with Gasteiger partial charge < -0.3 is 0 Å². The molecule has 0 bridgehead atoms. The Bertz CT molecular complexity index is 820. The lowest BCUT2D eigenvalue weighted by Crippen LogP contribution is -2.06. The van der Waals surface area contributed by atoms with Crippen molar-refractivity contribution in [2.75, 3.05) is 5.75 Å². The lowest BCUT2D eigenvalue weighted by atomic mass is 10.1. The number of carbonyl (C=O) groups excluding carboxylic acids is 1. The fourth-order valence-corrected chi connectivity index (χ4v) is 3.47. The number of hydrogen-bond donors (Lipinski definition) is 0. The molecule has 0 amide bonds. The zero-order chi connectivity index (χ0) is 14.8. The third kappa shape index (κ3) is 2.93. The first-order chi connectivity index (χ1) is 10.1. The van der Waals surface area contributed by atoms with Gasteiger partial charge in [-0.15, -0.1) is 11.3 Å². The predicted octanol–water partition coefficient (Wildman–Crippen LogP) is 3.94. The molecule has 0 saturated carbocycles. The zero-order valence-electron chi connectivity index (χ0n) is 10.5. The summed E-state index contributed by atoms with van der Waals surface area (Å²) < 4.78 is 26.6. The van der Waals surface area contributed by atoms with Crippen LogP contribution in [0.4, 0.5) is 8.78 Å². The van der Waals surface area contributed by atoms with Gasteiger partial charge in [0, 0.05) is 5.39 Å². The Hall–Kier alpha value is -1.86. The molecule has 0 radical (unpaired) electrons. The van der Waals surface area contributed by atoms with E-state index in [1.807, 2.05) is 11.4 Å². The molecule has 0 aliphatic carbocycles. The normalized spacial score (nSPS) is 11.0. The maximum Gasteiger partial charge on any atom is 0.176 e. The molecule has 0 saturated heterocycles. The monoisotopic (exact) mass is 322 g/mol. The summed E-state index contributed by atoms with van der Waals surface area (Å²) in [5.74, 6) is -1.83. The number of rotatable bonds is 4. The van der Waals surface area contributed by atoms with Crippen LogP contribution < -0.4 is 0 Å². The Kier molecular flexibility index (Phi) is 3.94. The van der Waals surface area contributed by atoms with Gasteiger partial charge in [-0.3, -0.25) is 4.79 Å². The Morgan fingerprint density at radius 2 is 2.10 bits per heavy atom. The first kappa shape index (κ1) is 14.1. The first-order valence-corrected chi connectivity index (χ1v) is 7.81. The SMILES string of the molecule is O=C(CSc1ncnc2sccc12)c1cc(F)ccc1F. The highest BCUT2D eigenvalue weighted by Gasteiger charge is 2.14. The second-order valence-electron chi connectivity index (χ2n) is 4.15. The first-order valence-electron chi connectivity index (χ1n) is 5.94. The van der Waals surface area contributed by atoms with Crippen molar-refractivity contribution in [2.45, 2.75) is 5.03 Å². The molecule has 0 N–H and O–H groups in total. The van der Waals surface area contributed by atoms with Crippen molar-refractivity contribution in [3.8, 4) is 0 Å². The van der Waals surface area contributed by atoms with E-state index < -0.39 is 17.4 Å². The quantitative estimate of drug-likeness (QED) is 0.414. The number of Topliss-reactive ketones (excluding diaryl/α,β-unsaturated/α-hetero) is 1. The lowest BCUT2D eigenvalue weighted by molar-refractivity contribution is 0.101. The highest BCUT2D eigenvalue weighted by Crippen LogP contribution is 2.28.